The van der Waals surface area contributed by atoms with Crippen molar-refractivity contribution in [2.45, 2.75) is 6.04 Å². The normalized spacial score (nSPS) is 24.2. The fourth-order valence-electron chi connectivity index (χ4n) is 1.12. The Balaban J connectivity index is 2.56. The number of amides is 2. The molecule has 0 bridgehead atoms. The summed E-state index contributed by atoms with van der Waals surface area (Å²) in [5, 5.41) is 8.23. The second kappa shape index (κ2) is 4.61. The van der Waals surface area contributed by atoms with Gasteiger partial charge in [0.15, 0.2) is 0 Å². The van der Waals surface area contributed by atoms with Gasteiger partial charge in [-0.1, -0.05) is 0 Å². The number of carbonyl (C=O) groups is 2. The SMILES string of the molecule is CNC/C=C1\NCC(C(N)=O)NC1=O. The van der Waals surface area contributed by atoms with Crippen LogP contribution in [0.1, 0.15) is 0 Å². The number of primary amides is 1. The van der Waals surface area contributed by atoms with E-state index in [0.717, 1.165) is 0 Å². The monoisotopic (exact) mass is 198 g/mol. The van der Waals surface area contributed by atoms with Crippen LogP contribution in [0.15, 0.2) is 11.8 Å². The molecule has 5 N–H and O–H groups in total. The molecular weight excluding hydrogens is 184 g/mol. The van der Waals surface area contributed by atoms with Crippen LogP contribution in [-0.4, -0.2) is 38.0 Å². The Morgan fingerprint density at radius 1 is 1.79 bits per heavy atom. The van der Waals surface area contributed by atoms with Crippen LogP contribution in [0.4, 0.5) is 0 Å². The molecular formula is C8H14N4O2. The molecule has 1 heterocycles. The minimum atomic E-state index is -0.616. The van der Waals surface area contributed by atoms with Gasteiger partial charge in [-0.15, -0.1) is 0 Å². The van der Waals surface area contributed by atoms with E-state index < -0.39 is 11.9 Å². The molecule has 0 saturated carbocycles. The third-order valence-electron chi connectivity index (χ3n) is 1.90. The Labute approximate surface area is 81.9 Å². The standard InChI is InChI=1S/C8H14N4O2/c1-10-3-2-5-8(14)12-6(4-11-5)7(9)13/h2,6,10-11H,3-4H2,1H3,(H2,9,13)(H,12,14)/b5-2-. The van der Waals surface area contributed by atoms with Crippen molar-refractivity contribution in [1.29, 1.82) is 0 Å². The van der Waals surface area contributed by atoms with Gasteiger partial charge in [0.05, 0.1) is 5.70 Å². The molecule has 1 aliphatic rings. The molecule has 2 amide bonds. The number of hydrogen-bond acceptors (Lipinski definition) is 4. The van der Waals surface area contributed by atoms with Crippen molar-refractivity contribution in [3.8, 4) is 0 Å². The zero-order chi connectivity index (χ0) is 10.6. The van der Waals surface area contributed by atoms with Gasteiger partial charge in [-0.05, 0) is 13.1 Å². The van der Waals surface area contributed by atoms with Gasteiger partial charge in [0.1, 0.15) is 6.04 Å². The van der Waals surface area contributed by atoms with Crippen molar-refractivity contribution in [3.05, 3.63) is 11.8 Å². The Kier molecular flexibility index (Phi) is 3.47. The third-order valence-corrected chi connectivity index (χ3v) is 1.90. The quantitative estimate of drug-likeness (QED) is 0.382. The average molecular weight is 198 g/mol. The maximum atomic E-state index is 11.3. The molecule has 14 heavy (non-hydrogen) atoms. The van der Waals surface area contributed by atoms with Crippen LogP contribution in [0.2, 0.25) is 0 Å². The summed E-state index contributed by atoms with van der Waals surface area (Å²) in [6.07, 6.45) is 1.71. The first-order valence-corrected chi connectivity index (χ1v) is 4.34. The highest BCUT2D eigenvalue weighted by atomic mass is 16.2. The number of nitrogens with one attached hydrogen (secondary N) is 3. The summed E-state index contributed by atoms with van der Waals surface area (Å²) in [5.74, 6) is -0.825. The molecule has 0 aromatic heterocycles. The van der Waals surface area contributed by atoms with Gasteiger partial charge in [0.2, 0.25) is 5.91 Å². The Morgan fingerprint density at radius 2 is 2.50 bits per heavy atom. The first kappa shape index (κ1) is 10.5. The molecule has 6 heteroatoms. The lowest BCUT2D eigenvalue weighted by atomic mass is 10.2. The van der Waals surface area contributed by atoms with E-state index in [-0.39, 0.29) is 5.91 Å². The van der Waals surface area contributed by atoms with Crippen molar-refractivity contribution < 1.29 is 9.59 Å². The Morgan fingerprint density at radius 3 is 3.00 bits per heavy atom. The minimum absolute atomic E-state index is 0.296. The van der Waals surface area contributed by atoms with Gasteiger partial charge in [-0.25, -0.2) is 0 Å². The van der Waals surface area contributed by atoms with E-state index in [1.54, 1.807) is 13.1 Å². The molecule has 0 aromatic rings. The van der Waals surface area contributed by atoms with Gasteiger partial charge in [0.25, 0.3) is 5.91 Å². The Bertz CT molecular complexity index is 275. The van der Waals surface area contributed by atoms with Gasteiger partial charge in [0, 0.05) is 13.1 Å². The van der Waals surface area contributed by atoms with Gasteiger partial charge >= 0.3 is 0 Å². The van der Waals surface area contributed by atoms with Crippen molar-refractivity contribution in [3.63, 3.8) is 0 Å². The van der Waals surface area contributed by atoms with E-state index in [2.05, 4.69) is 16.0 Å². The van der Waals surface area contributed by atoms with Gasteiger partial charge in [-0.3, -0.25) is 9.59 Å². The lowest BCUT2D eigenvalue weighted by Gasteiger charge is -2.24. The number of nitrogens with two attached hydrogens (primary N) is 1. The lowest BCUT2D eigenvalue weighted by molar-refractivity contribution is -0.126. The smallest absolute Gasteiger partial charge is 0.267 e. The van der Waals surface area contributed by atoms with Crippen LogP contribution in [0.3, 0.4) is 0 Å². The first-order chi connectivity index (χ1) is 6.65. The van der Waals surface area contributed by atoms with Crippen molar-refractivity contribution >= 4 is 11.8 Å². The van der Waals surface area contributed by atoms with Crippen LogP contribution in [0.25, 0.3) is 0 Å². The summed E-state index contributed by atoms with van der Waals surface area (Å²) in [4.78, 5) is 22.1. The molecule has 0 aliphatic carbocycles. The zero-order valence-electron chi connectivity index (χ0n) is 7.96. The number of piperazine rings is 1. The topological polar surface area (TPSA) is 96.2 Å². The fourth-order valence-corrected chi connectivity index (χ4v) is 1.12. The summed E-state index contributed by atoms with van der Waals surface area (Å²) in [5.41, 5.74) is 5.52. The predicted molar refractivity (Wildman–Crippen MR) is 51.1 cm³/mol. The highest BCUT2D eigenvalue weighted by molar-refractivity contribution is 5.97. The largest absolute Gasteiger partial charge is 0.378 e. The van der Waals surface area contributed by atoms with Crippen LogP contribution in [0, 0.1) is 0 Å². The van der Waals surface area contributed by atoms with Crippen molar-refractivity contribution in [2.75, 3.05) is 20.1 Å². The number of rotatable bonds is 3. The Hall–Kier alpha value is -1.56. The fraction of sp³-hybridized carbons (Fsp3) is 0.500. The molecule has 1 atom stereocenters. The van der Waals surface area contributed by atoms with E-state index in [9.17, 15) is 9.59 Å². The van der Waals surface area contributed by atoms with Crippen LogP contribution < -0.4 is 21.7 Å². The second-order valence-corrected chi connectivity index (χ2v) is 2.98. The van der Waals surface area contributed by atoms with E-state index in [1.807, 2.05) is 0 Å². The molecule has 1 rings (SSSR count). The van der Waals surface area contributed by atoms with E-state index in [4.69, 9.17) is 5.73 Å². The number of likely N-dealkylation sites (N-methyl/N-ethyl adjacent to an activating group) is 1. The molecule has 0 radical (unpaired) electrons. The summed E-state index contributed by atoms with van der Waals surface area (Å²) >= 11 is 0. The number of hydrogen-bond donors (Lipinski definition) is 4. The van der Waals surface area contributed by atoms with Crippen molar-refractivity contribution in [1.82, 2.24) is 16.0 Å². The van der Waals surface area contributed by atoms with E-state index in [0.29, 0.717) is 18.8 Å². The third kappa shape index (κ3) is 2.46. The lowest BCUT2D eigenvalue weighted by Crippen LogP contribution is -2.56. The molecule has 1 saturated heterocycles. The van der Waals surface area contributed by atoms with Crippen LogP contribution in [-0.2, 0) is 9.59 Å². The van der Waals surface area contributed by atoms with Crippen LogP contribution in [0.5, 0.6) is 0 Å². The van der Waals surface area contributed by atoms with Crippen molar-refractivity contribution in [2.24, 2.45) is 5.73 Å². The average Bonchev–Trinajstić information content (AvgIpc) is 2.15. The molecule has 1 fully saturated rings. The summed E-state index contributed by atoms with van der Waals surface area (Å²) in [6, 6.07) is -0.616. The van der Waals surface area contributed by atoms with E-state index in [1.165, 1.54) is 0 Å². The number of carbonyl (C=O) groups excluding carboxylic acids is 2. The van der Waals surface area contributed by atoms with Crippen LogP contribution >= 0.6 is 0 Å². The maximum Gasteiger partial charge on any atom is 0.267 e. The molecule has 0 spiro atoms. The summed E-state index contributed by atoms with van der Waals surface area (Å²) < 4.78 is 0. The molecule has 1 unspecified atom stereocenters. The predicted octanol–water partition coefficient (Wildman–Crippen LogP) is -2.34. The summed E-state index contributed by atoms with van der Waals surface area (Å²) in [7, 11) is 1.78. The second-order valence-electron chi connectivity index (χ2n) is 2.98. The molecule has 78 valence electrons. The maximum absolute atomic E-state index is 11.3. The highest BCUT2D eigenvalue weighted by Gasteiger charge is 2.25. The summed E-state index contributed by atoms with van der Waals surface area (Å²) in [6.45, 7) is 0.938. The zero-order valence-corrected chi connectivity index (χ0v) is 7.96. The minimum Gasteiger partial charge on any atom is -0.378 e. The van der Waals surface area contributed by atoms with Gasteiger partial charge < -0.3 is 21.7 Å². The first-order valence-electron chi connectivity index (χ1n) is 4.34. The molecule has 6 nitrogen and oxygen atoms in total. The van der Waals surface area contributed by atoms with Gasteiger partial charge in [-0.2, -0.15) is 0 Å². The molecule has 0 aromatic carbocycles. The van der Waals surface area contributed by atoms with E-state index >= 15 is 0 Å². The molecule has 1 aliphatic heterocycles. The highest BCUT2D eigenvalue weighted by Crippen LogP contribution is 1.97.